The third-order valence-electron chi connectivity index (χ3n) is 11.3. The highest BCUT2D eigenvalue weighted by Gasteiger charge is 2.78. The van der Waals surface area contributed by atoms with E-state index in [1.54, 1.807) is 13.8 Å². The molecule has 5 N–H and O–H groups in total. The summed E-state index contributed by atoms with van der Waals surface area (Å²) >= 11 is 0. The quantitative estimate of drug-likeness (QED) is 0.272. The molecular weight excluding hydrogens is 488 g/mol. The lowest BCUT2D eigenvalue weighted by Gasteiger charge is -2.64. The van der Waals surface area contributed by atoms with Gasteiger partial charge in [-0.2, -0.15) is 0 Å². The van der Waals surface area contributed by atoms with Gasteiger partial charge in [-0.1, -0.05) is 52.3 Å². The Balaban J connectivity index is 1.85. The van der Waals surface area contributed by atoms with Crippen molar-refractivity contribution >= 4 is 17.3 Å². The summed E-state index contributed by atoms with van der Waals surface area (Å²) in [6.07, 6.45) is 1.01. The normalized spacial score (nSPS) is 46.2. The molecule has 0 aromatic rings. The molecule has 0 aromatic heterocycles. The van der Waals surface area contributed by atoms with Crippen LogP contribution in [0.2, 0.25) is 0 Å². The van der Waals surface area contributed by atoms with Crippen LogP contribution >= 0.6 is 0 Å². The Morgan fingerprint density at radius 3 is 2.16 bits per heavy atom. The van der Waals surface area contributed by atoms with E-state index < -0.39 is 80.5 Å². The molecular formula is C30H44O8. The van der Waals surface area contributed by atoms with Gasteiger partial charge in [-0.15, -0.1) is 0 Å². The molecule has 4 aliphatic carbocycles. The van der Waals surface area contributed by atoms with Crippen LogP contribution in [0.5, 0.6) is 0 Å². The molecule has 38 heavy (non-hydrogen) atoms. The number of allylic oxidation sites excluding steroid dienone is 1. The lowest BCUT2D eigenvalue weighted by atomic mass is 9.38. The van der Waals surface area contributed by atoms with Crippen molar-refractivity contribution < 1.29 is 39.9 Å². The van der Waals surface area contributed by atoms with Gasteiger partial charge in [0.05, 0.1) is 17.8 Å². The standard InChI is InChI=1S/C30H44O8/c1-25(2,37)12-11-19(32)30(8,38)22-21(34)24(36)29(7)18-10-9-15-16(13-17(31)23(35)26(15,3)4)28(18,6)20(33)14-27(22,29)5/h9,11-12,16-18,21-23,31,34-35,37-38H,10,13-14H2,1-8H3/b12-11+/t16-,17+,18-,21+,22+,23-,27-,28+,29-,30+/m1/s1. The van der Waals surface area contributed by atoms with Crippen molar-refractivity contribution in [3.63, 3.8) is 0 Å². The predicted octanol–water partition coefficient (Wildman–Crippen LogP) is 1.90. The van der Waals surface area contributed by atoms with Crippen LogP contribution in [0.4, 0.5) is 0 Å². The topological polar surface area (TPSA) is 152 Å². The number of Topliss-reactive ketones (excluding diaryl/α,β-unsaturated/α-hetero) is 2. The van der Waals surface area contributed by atoms with E-state index in [1.165, 1.54) is 26.8 Å². The molecule has 212 valence electrons. The Morgan fingerprint density at radius 2 is 1.61 bits per heavy atom. The van der Waals surface area contributed by atoms with Gasteiger partial charge in [-0.3, -0.25) is 14.4 Å². The number of ketones is 3. The number of carbonyl (C=O) groups is 3. The Morgan fingerprint density at radius 1 is 1.03 bits per heavy atom. The summed E-state index contributed by atoms with van der Waals surface area (Å²) in [6.45, 7) is 13.2. The second kappa shape index (κ2) is 8.40. The van der Waals surface area contributed by atoms with Crippen LogP contribution < -0.4 is 0 Å². The van der Waals surface area contributed by atoms with Crippen molar-refractivity contribution in [3.05, 3.63) is 23.8 Å². The van der Waals surface area contributed by atoms with Crippen LogP contribution in [0.25, 0.3) is 0 Å². The Hall–Kier alpha value is -1.71. The molecule has 0 amide bonds. The molecule has 3 saturated carbocycles. The van der Waals surface area contributed by atoms with Gasteiger partial charge < -0.3 is 25.5 Å². The first-order chi connectivity index (χ1) is 17.1. The van der Waals surface area contributed by atoms with E-state index in [0.717, 1.165) is 11.6 Å². The van der Waals surface area contributed by atoms with Gasteiger partial charge in [0.25, 0.3) is 0 Å². The highest BCUT2D eigenvalue weighted by Crippen LogP contribution is 2.73. The summed E-state index contributed by atoms with van der Waals surface area (Å²) in [5, 5.41) is 54.4. The molecule has 3 fully saturated rings. The maximum atomic E-state index is 14.2. The minimum absolute atomic E-state index is 0.133. The average Bonchev–Trinajstić information content (AvgIpc) is 2.94. The Bertz CT molecular complexity index is 1130. The molecule has 4 rings (SSSR count). The first-order valence-corrected chi connectivity index (χ1v) is 13.6. The lowest BCUT2D eigenvalue weighted by molar-refractivity contribution is -0.187. The SMILES string of the molecule is CC(C)(O)/C=C/C(=O)[C@](C)(O)[C@H]1[C@H](O)C(=O)[C@@]2(C)[C@@H]3CC=C4[C@@H](C[C@H](O)[C@@H](O)C4(C)C)[C@]3(C)C(=O)C[C@]12C. The number of fused-ring (bicyclic) bond motifs is 5. The average molecular weight is 533 g/mol. The van der Waals surface area contributed by atoms with E-state index >= 15 is 0 Å². The third kappa shape index (κ3) is 3.56. The first kappa shape index (κ1) is 29.3. The fourth-order valence-electron chi connectivity index (χ4n) is 8.86. The van der Waals surface area contributed by atoms with Crippen LogP contribution in [0.15, 0.2) is 23.8 Å². The predicted molar refractivity (Wildman–Crippen MR) is 140 cm³/mol. The second-order valence-electron chi connectivity index (χ2n) is 14.3. The van der Waals surface area contributed by atoms with Gasteiger partial charge in [0, 0.05) is 28.6 Å². The summed E-state index contributed by atoms with van der Waals surface area (Å²) in [5.74, 6) is -3.59. The van der Waals surface area contributed by atoms with Gasteiger partial charge in [-0.25, -0.2) is 0 Å². The molecule has 0 aliphatic heterocycles. The van der Waals surface area contributed by atoms with Crippen molar-refractivity contribution in [1.82, 2.24) is 0 Å². The van der Waals surface area contributed by atoms with E-state index in [4.69, 9.17) is 0 Å². The third-order valence-corrected chi connectivity index (χ3v) is 11.3. The van der Waals surface area contributed by atoms with Crippen molar-refractivity contribution in [2.24, 2.45) is 39.4 Å². The number of hydrogen-bond donors (Lipinski definition) is 5. The van der Waals surface area contributed by atoms with Crippen molar-refractivity contribution in [2.45, 2.75) is 104 Å². The zero-order valence-corrected chi connectivity index (χ0v) is 23.8. The van der Waals surface area contributed by atoms with Gasteiger partial charge in [0.15, 0.2) is 11.6 Å². The maximum absolute atomic E-state index is 14.2. The largest absolute Gasteiger partial charge is 0.390 e. The van der Waals surface area contributed by atoms with Gasteiger partial charge in [0.2, 0.25) is 0 Å². The van der Waals surface area contributed by atoms with Crippen LogP contribution in [0.1, 0.15) is 74.7 Å². The van der Waals surface area contributed by atoms with Crippen LogP contribution in [0, 0.1) is 39.4 Å². The zero-order chi connectivity index (χ0) is 29.0. The maximum Gasteiger partial charge on any atom is 0.187 e. The van der Waals surface area contributed by atoms with E-state index in [-0.39, 0.29) is 18.6 Å². The fraction of sp³-hybridized carbons (Fsp3) is 0.767. The van der Waals surface area contributed by atoms with Crippen LogP contribution in [-0.2, 0) is 14.4 Å². The molecule has 0 aromatic carbocycles. The number of rotatable bonds is 4. The summed E-state index contributed by atoms with van der Waals surface area (Å²) < 4.78 is 0. The fourth-order valence-corrected chi connectivity index (χ4v) is 8.86. The minimum Gasteiger partial charge on any atom is -0.390 e. The molecule has 0 saturated heterocycles. The highest BCUT2D eigenvalue weighted by molar-refractivity contribution is 6.02. The molecule has 0 radical (unpaired) electrons. The van der Waals surface area contributed by atoms with Gasteiger partial charge in [-0.05, 0) is 56.9 Å². The molecule has 10 atom stereocenters. The smallest absolute Gasteiger partial charge is 0.187 e. The molecule has 0 heterocycles. The summed E-state index contributed by atoms with van der Waals surface area (Å²) in [4.78, 5) is 41.5. The van der Waals surface area contributed by atoms with Gasteiger partial charge >= 0.3 is 0 Å². The molecule has 0 unspecified atom stereocenters. The molecule has 8 nitrogen and oxygen atoms in total. The second-order valence-corrected chi connectivity index (χ2v) is 14.3. The molecule has 4 aliphatic rings. The summed E-state index contributed by atoms with van der Waals surface area (Å²) in [6, 6.07) is 0. The Kier molecular flexibility index (Phi) is 6.47. The summed E-state index contributed by atoms with van der Waals surface area (Å²) in [5.41, 5.74) is -6.89. The molecule has 8 heteroatoms. The summed E-state index contributed by atoms with van der Waals surface area (Å²) in [7, 11) is 0. The number of aliphatic hydroxyl groups excluding tert-OH is 3. The lowest BCUT2D eigenvalue weighted by Crippen LogP contribution is -2.66. The van der Waals surface area contributed by atoms with Crippen molar-refractivity contribution in [1.29, 1.82) is 0 Å². The van der Waals surface area contributed by atoms with Crippen molar-refractivity contribution in [3.8, 4) is 0 Å². The minimum atomic E-state index is -2.18. The van der Waals surface area contributed by atoms with Crippen LogP contribution in [-0.4, -0.2) is 72.4 Å². The zero-order valence-electron chi connectivity index (χ0n) is 23.8. The van der Waals surface area contributed by atoms with E-state index in [1.807, 2.05) is 26.8 Å². The van der Waals surface area contributed by atoms with E-state index in [2.05, 4.69) is 0 Å². The number of aliphatic hydroxyl groups is 5. The molecule has 0 spiro atoms. The van der Waals surface area contributed by atoms with Gasteiger partial charge in [0.1, 0.15) is 17.5 Å². The number of hydrogen-bond acceptors (Lipinski definition) is 8. The van der Waals surface area contributed by atoms with E-state index in [0.29, 0.717) is 6.42 Å². The first-order valence-electron chi connectivity index (χ1n) is 13.6. The molecule has 0 bridgehead atoms. The van der Waals surface area contributed by atoms with E-state index in [9.17, 15) is 39.9 Å². The monoisotopic (exact) mass is 532 g/mol. The highest BCUT2D eigenvalue weighted by atomic mass is 16.3. The Labute approximate surface area is 224 Å². The van der Waals surface area contributed by atoms with Crippen LogP contribution in [0.3, 0.4) is 0 Å². The number of carbonyl (C=O) groups excluding carboxylic acids is 3. The van der Waals surface area contributed by atoms with Crippen molar-refractivity contribution in [2.75, 3.05) is 0 Å².